The zero-order chi connectivity index (χ0) is 15.4. The molecule has 0 saturated carbocycles. The van der Waals surface area contributed by atoms with E-state index in [0.717, 1.165) is 0 Å². The fourth-order valence-corrected chi connectivity index (χ4v) is 1.60. The molecule has 7 heteroatoms. The predicted molar refractivity (Wildman–Crippen MR) is 72.8 cm³/mol. The molecule has 2 N–H and O–H groups in total. The van der Waals surface area contributed by atoms with Crippen LogP contribution in [0.1, 0.15) is 32.2 Å². The van der Waals surface area contributed by atoms with E-state index in [-0.39, 0.29) is 11.4 Å². The molecule has 0 fully saturated rings. The Hall–Kier alpha value is -3.27. The quantitative estimate of drug-likeness (QED) is 0.883. The van der Waals surface area contributed by atoms with Crippen LogP contribution in [0.15, 0.2) is 30.5 Å². The van der Waals surface area contributed by atoms with Crippen LogP contribution in [0.5, 0.6) is 0 Å². The topological polar surface area (TPSA) is 116 Å². The summed E-state index contributed by atoms with van der Waals surface area (Å²) in [6, 6.07) is 7.65. The first-order chi connectivity index (χ1) is 10.0. The summed E-state index contributed by atoms with van der Waals surface area (Å²) in [5.74, 6) is -1.61. The average Bonchev–Trinajstić information content (AvgIpc) is 2.47. The fourth-order valence-electron chi connectivity index (χ4n) is 1.60. The number of carboxylic acid groups (broad SMARTS) is 1. The molecule has 0 radical (unpaired) electrons. The molecule has 2 heterocycles. The van der Waals surface area contributed by atoms with Crippen LogP contribution in [0.25, 0.3) is 0 Å². The van der Waals surface area contributed by atoms with Crippen LogP contribution < -0.4 is 5.32 Å². The van der Waals surface area contributed by atoms with Gasteiger partial charge in [-0.1, -0.05) is 0 Å². The number of carbonyl (C=O) groups excluding carboxylic acids is 1. The molecule has 21 heavy (non-hydrogen) atoms. The second-order valence-electron chi connectivity index (χ2n) is 4.13. The maximum atomic E-state index is 12.0. The van der Waals surface area contributed by atoms with Gasteiger partial charge in [0.05, 0.1) is 23.1 Å². The molecule has 0 atom stereocenters. The molecule has 104 valence electrons. The van der Waals surface area contributed by atoms with Gasteiger partial charge in [-0.2, -0.15) is 5.26 Å². The zero-order valence-electron chi connectivity index (χ0n) is 11.0. The van der Waals surface area contributed by atoms with Gasteiger partial charge >= 0.3 is 5.97 Å². The second kappa shape index (κ2) is 5.79. The van der Waals surface area contributed by atoms with Crippen molar-refractivity contribution in [2.45, 2.75) is 6.92 Å². The lowest BCUT2D eigenvalue weighted by Crippen LogP contribution is -2.15. The standard InChI is InChI=1S/C14H10N4O3/c1-8-9(6-15)2-4-11(17-8)13(19)18-10-3-5-12(14(20)21)16-7-10/h2-5,7H,1H3,(H,18,19)(H,20,21). The van der Waals surface area contributed by atoms with E-state index in [1.54, 1.807) is 6.92 Å². The molecule has 1 amide bonds. The number of nitrogens with zero attached hydrogens (tertiary/aromatic N) is 3. The van der Waals surface area contributed by atoms with Crippen molar-refractivity contribution in [2.75, 3.05) is 5.32 Å². The highest BCUT2D eigenvalue weighted by molar-refractivity contribution is 6.03. The Morgan fingerprint density at radius 3 is 2.48 bits per heavy atom. The second-order valence-corrected chi connectivity index (χ2v) is 4.13. The van der Waals surface area contributed by atoms with Crippen LogP contribution in [-0.4, -0.2) is 27.0 Å². The summed E-state index contributed by atoms with van der Waals surface area (Å²) in [7, 11) is 0. The van der Waals surface area contributed by atoms with Crippen molar-refractivity contribution in [3.8, 4) is 6.07 Å². The van der Waals surface area contributed by atoms with Gasteiger partial charge in [-0.3, -0.25) is 4.79 Å². The third-order valence-electron chi connectivity index (χ3n) is 2.68. The van der Waals surface area contributed by atoms with Crippen LogP contribution in [0.3, 0.4) is 0 Å². The molecule has 2 aromatic rings. The summed E-state index contributed by atoms with van der Waals surface area (Å²) in [5, 5.41) is 20.1. The Kier molecular flexibility index (Phi) is 3.90. The van der Waals surface area contributed by atoms with E-state index in [2.05, 4.69) is 15.3 Å². The number of anilines is 1. The molecular formula is C14H10N4O3. The minimum absolute atomic E-state index is 0.111. The Balaban J connectivity index is 2.16. The van der Waals surface area contributed by atoms with Crippen molar-refractivity contribution >= 4 is 17.6 Å². The van der Waals surface area contributed by atoms with Gasteiger partial charge in [0.15, 0.2) is 0 Å². The van der Waals surface area contributed by atoms with Gasteiger partial charge < -0.3 is 10.4 Å². The van der Waals surface area contributed by atoms with E-state index in [9.17, 15) is 9.59 Å². The number of nitriles is 1. The SMILES string of the molecule is Cc1nc(C(=O)Nc2ccc(C(=O)O)nc2)ccc1C#N. The number of carboxylic acids is 1. The Morgan fingerprint density at radius 2 is 1.95 bits per heavy atom. The summed E-state index contributed by atoms with van der Waals surface area (Å²) < 4.78 is 0. The summed E-state index contributed by atoms with van der Waals surface area (Å²) >= 11 is 0. The summed E-state index contributed by atoms with van der Waals surface area (Å²) in [5.41, 5.74) is 1.27. The van der Waals surface area contributed by atoms with Crippen LogP contribution in [-0.2, 0) is 0 Å². The Labute approximate surface area is 119 Å². The number of pyridine rings is 2. The lowest BCUT2D eigenvalue weighted by Gasteiger charge is -2.05. The summed E-state index contributed by atoms with van der Waals surface area (Å²) in [6.45, 7) is 1.64. The third-order valence-corrected chi connectivity index (χ3v) is 2.68. The number of amides is 1. The molecule has 0 unspecified atom stereocenters. The number of rotatable bonds is 3. The number of aryl methyl sites for hydroxylation is 1. The van der Waals surface area contributed by atoms with Crippen molar-refractivity contribution in [3.63, 3.8) is 0 Å². The van der Waals surface area contributed by atoms with E-state index in [4.69, 9.17) is 10.4 Å². The lowest BCUT2D eigenvalue weighted by atomic mass is 10.2. The summed E-state index contributed by atoms with van der Waals surface area (Å²) in [6.07, 6.45) is 1.25. The molecule has 0 aliphatic carbocycles. The summed E-state index contributed by atoms with van der Waals surface area (Å²) in [4.78, 5) is 30.4. The smallest absolute Gasteiger partial charge is 0.354 e. The third kappa shape index (κ3) is 3.19. The molecule has 0 aliphatic rings. The van der Waals surface area contributed by atoms with Crippen molar-refractivity contribution in [1.29, 1.82) is 5.26 Å². The van der Waals surface area contributed by atoms with E-state index in [1.807, 2.05) is 6.07 Å². The van der Waals surface area contributed by atoms with E-state index in [1.165, 1.54) is 30.5 Å². The largest absolute Gasteiger partial charge is 0.477 e. The minimum Gasteiger partial charge on any atom is -0.477 e. The van der Waals surface area contributed by atoms with Crippen LogP contribution in [0, 0.1) is 18.3 Å². The van der Waals surface area contributed by atoms with Gasteiger partial charge in [-0.15, -0.1) is 0 Å². The Bertz CT molecular complexity index is 748. The van der Waals surface area contributed by atoms with Crippen LogP contribution in [0.4, 0.5) is 5.69 Å². The fraction of sp³-hybridized carbons (Fsp3) is 0.0714. The molecule has 7 nitrogen and oxygen atoms in total. The van der Waals surface area contributed by atoms with Crippen molar-refractivity contribution in [3.05, 3.63) is 53.1 Å². The van der Waals surface area contributed by atoms with Gasteiger partial charge in [-0.25, -0.2) is 14.8 Å². The first-order valence-electron chi connectivity index (χ1n) is 5.89. The molecular weight excluding hydrogens is 272 g/mol. The van der Waals surface area contributed by atoms with Crippen molar-refractivity contribution in [1.82, 2.24) is 9.97 Å². The highest BCUT2D eigenvalue weighted by Gasteiger charge is 2.11. The van der Waals surface area contributed by atoms with E-state index in [0.29, 0.717) is 16.9 Å². The zero-order valence-corrected chi connectivity index (χ0v) is 11.0. The molecule has 0 aromatic carbocycles. The first kappa shape index (κ1) is 14.1. The maximum absolute atomic E-state index is 12.0. The normalized spacial score (nSPS) is 9.71. The minimum atomic E-state index is -1.14. The van der Waals surface area contributed by atoms with Crippen LogP contribution in [0.2, 0.25) is 0 Å². The molecule has 0 aliphatic heterocycles. The number of hydrogen-bond acceptors (Lipinski definition) is 5. The molecule has 2 aromatic heterocycles. The van der Waals surface area contributed by atoms with Gasteiger partial charge in [0.2, 0.25) is 0 Å². The van der Waals surface area contributed by atoms with Crippen molar-refractivity contribution < 1.29 is 14.7 Å². The number of aromatic carboxylic acids is 1. The van der Waals surface area contributed by atoms with Gasteiger partial charge in [0, 0.05) is 0 Å². The monoisotopic (exact) mass is 282 g/mol. The average molecular weight is 282 g/mol. The molecule has 0 spiro atoms. The van der Waals surface area contributed by atoms with Crippen molar-refractivity contribution in [2.24, 2.45) is 0 Å². The van der Waals surface area contributed by atoms with Gasteiger partial charge in [-0.05, 0) is 31.2 Å². The Morgan fingerprint density at radius 1 is 1.24 bits per heavy atom. The van der Waals surface area contributed by atoms with Gasteiger partial charge in [0.1, 0.15) is 17.5 Å². The molecule has 0 bridgehead atoms. The van der Waals surface area contributed by atoms with E-state index >= 15 is 0 Å². The number of hydrogen-bond donors (Lipinski definition) is 2. The highest BCUT2D eigenvalue weighted by atomic mass is 16.4. The maximum Gasteiger partial charge on any atom is 0.354 e. The van der Waals surface area contributed by atoms with E-state index < -0.39 is 11.9 Å². The van der Waals surface area contributed by atoms with Crippen LogP contribution >= 0.6 is 0 Å². The lowest BCUT2D eigenvalue weighted by molar-refractivity contribution is 0.0690. The molecule has 0 saturated heterocycles. The number of carbonyl (C=O) groups is 2. The first-order valence-corrected chi connectivity index (χ1v) is 5.89. The number of nitrogens with one attached hydrogen (secondary N) is 1. The molecule has 2 rings (SSSR count). The predicted octanol–water partition coefficient (Wildman–Crippen LogP) is 1.61. The van der Waals surface area contributed by atoms with Gasteiger partial charge in [0.25, 0.3) is 5.91 Å². The number of aromatic nitrogens is 2. The highest BCUT2D eigenvalue weighted by Crippen LogP contribution is 2.10.